The number of fused-ring (bicyclic) bond motifs is 2. The molecule has 2 heterocycles. The van der Waals surface area contributed by atoms with Crippen molar-refractivity contribution in [2.24, 2.45) is 0 Å². The molecule has 0 saturated carbocycles. The smallest absolute Gasteiger partial charge is 0.330 e. The summed E-state index contributed by atoms with van der Waals surface area (Å²) in [5, 5.41) is 29.7. The highest BCUT2D eigenvalue weighted by Crippen LogP contribution is 2.41. The van der Waals surface area contributed by atoms with E-state index in [0.717, 1.165) is 16.2 Å². The largest absolute Gasteiger partial charge is 0.496 e. The predicted molar refractivity (Wildman–Crippen MR) is 148 cm³/mol. The molecule has 0 unspecified atom stereocenters. The van der Waals surface area contributed by atoms with E-state index in [1.807, 2.05) is 42.5 Å². The Labute approximate surface area is 222 Å². The van der Waals surface area contributed by atoms with E-state index in [9.17, 15) is 20.0 Å². The third-order valence-electron chi connectivity index (χ3n) is 6.77. The Balaban J connectivity index is 1.49. The predicted octanol–water partition coefficient (Wildman–Crippen LogP) is 2.67. The lowest BCUT2D eigenvalue weighted by atomic mass is 9.95. The Kier molecular flexibility index (Phi) is 6.86. The van der Waals surface area contributed by atoms with E-state index in [2.05, 4.69) is 21.7 Å². The van der Waals surface area contributed by atoms with Crippen molar-refractivity contribution in [2.45, 2.75) is 31.7 Å². The summed E-state index contributed by atoms with van der Waals surface area (Å²) in [7, 11) is 1.57. The van der Waals surface area contributed by atoms with Crippen LogP contribution in [0.3, 0.4) is 0 Å². The first kappa shape index (κ1) is 25.4. The van der Waals surface area contributed by atoms with E-state index in [1.54, 1.807) is 14.0 Å². The molecule has 0 radical (unpaired) electrons. The number of benzene rings is 3. The van der Waals surface area contributed by atoms with Crippen LogP contribution in [0.1, 0.15) is 23.8 Å². The molecule has 4 N–H and O–H groups in total. The third kappa shape index (κ3) is 4.39. The average molecular weight is 532 g/mol. The van der Waals surface area contributed by atoms with Crippen molar-refractivity contribution >= 4 is 44.6 Å². The number of ether oxygens (including phenoxy) is 2. The minimum atomic E-state index is -0.702. The number of aryl methyl sites for hydroxylation is 1. The van der Waals surface area contributed by atoms with Crippen LogP contribution in [0.2, 0.25) is 0 Å². The maximum absolute atomic E-state index is 12.4. The van der Waals surface area contributed by atoms with Crippen molar-refractivity contribution in [3.8, 4) is 11.8 Å². The van der Waals surface area contributed by atoms with Crippen molar-refractivity contribution < 1.29 is 14.6 Å². The number of aromatic amines is 1. The molecule has 5 rings (SSSR count). The second-order valence-corrected chi connectivity index (χ2v) is 9.43. The van der Waals surface area contributed by atoms with Crippen LogP contribution in [0, 0.1) is 18.3 Å². The zero-order chi connectivity index (χ0) is 27.0. The number of nitrogens with one attached hydrogen (secondary N) is 3. The number of aliphatic hydroxyl groups excluding tert-OH is 1. The summed E-state index contributed by atoms with van der Waals surface area (Å²) in [4.78, 5) is 26.4. The lowest BCUT2D eigenvalue weighted by Gasteiger charge is -2.22. The Bertz CT molecular complexity index is 1720. The lowest BCUT2D eigenvalue weighted by Crippen LogP contribution is -2.43. The number of rotatable bonds is 5. The first-order valence-electron chi connectivity index (χ1n) is 11.9. The topological polar surface area (TPSA) is 141 Å². The van der Waals surface area contributed by atoms with Crippen molar-refractivity contribution in [3.63, 3.8) is 0 Å². The molecule has 3 aromatic carbocycles. The van der Waals surface area contributed by atoms with Gasteiger partial charge in [0.25, 0.3) is 5.56 Å². The number of nitriles is 1. The van der Waals surface area contributed by atoms with Crippen molar-refractivity contribution in [1.29, 1.82) is 5.26 Å². The van der Waals surface area contributed by atoms with Gasteiger partial charge in [0.1, 0.15) is 24.2 Å². The molecule has 1 aromatic heterocycles. The van der Waals surface area contributed by atoms with Gasteiger partial charge in [0.2, 0.25) is 0 Å². The summed E-state index contributed by atoms with van der Waals surface area (Å²) in [6, 6.07) is 15.0. The molecule has 0 bridgehead atoms. The summed E-state index contributed by atoms with van der Waals surface area (Å²) in [5.41, 5.74) is 0.531. The standard InChI is InChI=1S/C27H25N5O5S/c1-14-12-32(27(35)31-25(14)34)22-10-19(21(13-33)37-22)29-26(38)30-24-17-7-4-3-6-15(17)18(11-28)16-8-5-9-20(36-2)23(16)24/h3-9,12,19,21-22,33H,10,13H2,1-2H3,(H2,29,30,38)(H,31,34,35)/t19-,21+,22+/m0/s1. The van der Waals surface area contributed by atoms with Crippen LogP contribution in [-0.4, -0.2) is 45.6 Å². The number of methoxy groups -OCH3 is 1. The molecule has 194 valence electrons. The number of nitrogens with zero attached hydrogens (tertiary/aromatic N) is 2. The number of anilines is 1. The molecular formula is C27H25N5O5S. The molecule has 10 nitrogen and oxygen atoms in total. The van der Waals surface area contributed by atoms with Crippen LogP contribution in [0.25, 0.3) is 21.5 Å². The zero-order valence-corrected chi connectivity index (χ0v) is 21.5. The van der Waals surface area contributed by atoms with Gasteiger partial charge in [-0.3, -0.25) is 14.3 Å². The molecule has 1 aliphatic rings. The highest BCUT2D eigenvalue weighted by molar-refractivity contribution is 7.80. The molecule has 4 aromatic rings. The van der Waals surface area contributed by atoms with E-state index in [4.69, 9.17) is 21.7 Å². The molecule has 1 saturated heterocycles. The van der Waals surface area contributed by atoms with E-state index in [1.165, 1.54) is 10.8 Å². The summed E-state index contributed by atoms with van der Waals surface area (Å²) in [6.45, 7) is 1.30. The van der Waals surface area contributed by atoms with Crippen LogP contribution in [0.5, 0.6) is 5.75 Å². The summed E-state index contributed by atoms with van der Waals surface area (Å²) < 4.78 is 12.9. The fourth-order valence-electron chi connectivity index (χ4n) is 4.96. The Morgan fingerprint density at radius 2 is 1.97 bits per heavy atom. The summed E-state index contributed by atoms with van der Waals surface area (Å²) in [6.07, 6.45) is 0.409. The molecule has 3 atom stereocenters. The minimum Gasteiger partial charge on any atom is -0.496 e. The van der Waals surface area contributed by atoms with Crippen molar-refractivity contribution in [1.82, 2.24) is 14.9 Å². The van der Waals surface area contributed by atoms with E-state index < -0.39 is 29.6 Å². The zero-order valence-electron chi connectivity index (χ0n) is 20.6. The number of H-pyrrole nitrogens is 1. The van der Waals surface area contributed by atoms with Crippen LogP contribution >= 0.6 is 12.2 Å². The molecule has 38 heavy (non-hydrogen) atoms. The summed E-state index contributed by atoms with van der Waals surface area (Å²) >= 11 is 5.68. The van der Waals surface area contributed by atoms with Gasteiger partial charge in [0, 0.05) is 39.7 Å². The van der Waals surface area contributed by atoms with Gasteiger partial charge in [-0.25, -0.2) is 4.79 Å². The second kappa shape index (κ2) is 10.3. The number of thiocarbonyl (C=S) groups is 1. The number of aliphatic hydroxyl groups is 1. The van der Waals surface area contributed by atoms with Gasteiger partial charge in [0.05, 0.1) is 31.0 Å². The minimum absolute atomic E-state index is 0.268. The van der Waals surface area contributed by atoms with Gasteiger partial charge in [-0.15, -0.1) is 0 Å². The first-order chi connectivity index (χ1) is 18.4. The fraction of sp³-hybridized carbons (Fsp3) is 0.259. The molecule has 0 amide bonds. The van der Waals surface area contributed by atoms with Gasteiger partial charge in [-0.1, -0.05) is 36.4 Å². The quantitative estimate of drug-likeness (QED) is 0.226. The number of aromatic nitrogens is 2. The van der Waals surface area contributed by atoms with E-state index in [0.29, 0.717) is 34.4 Å². The first-order valence-corrected chi connectivity index (χ1v) is 12.3. The van der Waals surface area contributed by atoms with Crippen LogP contribution in [0.15, 0.2) is 58.3 Å². The maximum Gasteiger partial charge on any atom is 0.330 e. The van der Waals surface area contributed by atoms with Crippen molar-refractivity contribution in [3.05, 3.63) is 80.6 Å². The Hall–Kier alpha value is -4.24. The monoisotopic (exact) mass is 531 g/mol. The van der Waals surface area contributed by atoms with Crippen LogP contribution < -0.4 is 26.6 Å². The van der Waals surface area contributed by atoms with Crippen LogP contribution in [0.4, 0.5) is 5.69 Å². The second-order valence-electron chi connectivity index (χ2n) is 9.02. The third-order valence-corrected chi connectivity index (χ3v) is 6.99. The van der Waals surface area contributed by atoms with Gasteiger partial charge in [0.15, 0.2) is 5.11 Å². The van der Waals surface area contributed by atoms with E-state index >= 15 is 0 Å². The highest BCUT2D eigenvalue weighted by Gasteiger charge is 2.37. The normalized spacial score (nSPS) is 18.8. The maximum atomic E-state index is 12.4. The molecular weight excluding hydrogens is 506 g/mol. The fourth-order valence-corrected chi connectivity index (χ4v) is 5.21. The lowest BCUT2D eigenvalue weighted by molar-refractivity contribution is -0.0281. The number of hydrogen-bond donors (Lipinski definition) is 4. The van der Waals surface area contributed by atoms with Crippen LogP contribution in [-0.2, 0) is 4.74 Å². The molecule has 0 spiro atoms. The molecule has 1 aliphatic heterocycles. The summed E-state index contributed by atoms with van der Waals surface area (Å²) in [5.74, 6) is 0.584. The number of hydrogen-bond acceptors (Lipinski definition) is 7. The van der Waals surface area contributed by atoms with E-state index in [-0.39, 0.29) is 11.7 Å². The molecule has 1 fully saturated rings. The molecule has 11 heteroatoms. The molecule has 0 aliphatic carbocycles. The Morgan fingerprint density at radius 3 is 2.68 bits per heavy atom. The average Bonchev–Trinajstić information content (AvgIpc) is 3.32. The van der Waals surface area contributed by atoms with Crippen molar-refractivity contribution in [2.75, 3.05) is 19.0 Å². The van der Waals surface area contributed by atoms with Gasteiger partial charge >= 0.3 is 5.69 Å². The van der Waals surface area contributed by atoms with Gasteiger partial charge < -0.3 is 25.2 Å². The van der Waals surface area contributed by atoms with Gasteiger partial charge in [-0.2, -0.15) is 5.26 Å². The SMILES string of the molecule is COc1cccc2c(C#N)c3ccccc3c(NC(=S)N[C@H]3C[C@H](n4cc(C)c(=O)[nH]c4=O)O[C@@H]3CO)c12. The van der Waals surface area contributed by atoms with Gasteiger partial charge in [-0.05, 0) is 25.2 Å². The highest BCUT2D eigenvalue weighted by atomic mass is 32.1. The Morgan fingerprint density at radius 1 is 1.24 bits per heavy atom.